The van der Waals surface area contributed by atoms with E-state index in [2.05, 4.69) is 19.3 Å². The SMILES string of the molecule is CCCCCCCCCCCCCCCCCC(=O)O.CCCCNN. The van der Waals surface area contributed by atoms with Crippen LogP contribution >= 0.6 is 0 Å². The maximum absolute atomic E-state index is 10.3. The molecule has 0 aromatic rings. The van der Waals surface area contributed by atoms with Crippen LogP contribution < -0.4 is 11.3 Å². The fourth-order valence-corrected chi connectivity index (χ4v) is 2.93. The number of carbonyl (C=O) groups is 1. The molecule has 0 rings (SSSR count). The van der Waals surface area contributed by atoms with Crippen LogP contribution in [0.1, 0.15) is 129 Å². The molecule has 158 valence electrons. The number of carboxylic acids is 1. The zero-order valence-corrected chi connectivity index (χ0v) is 17.9. The van der Waals surface area contributed by atoms with E-state index in [1.165, 1.54) is 96.3 Å². The molecule has 4 heteroatoms. The van der Waals surface area contributed by atoms with Gasteiger partial charge in [-0.1, -0.05) is 110 Å². The summed E-state index contributed by atoms with van der Waals surface area (Å²) in [4.78, 5) is 10.3. The van der Waals surface area contributed by atoms with Gasteiger partial charge in [0.05, 0.1) is 0 Å². The molecule has 0 bridgehead atoms. The highest BCUT2D eigenvalue weighted by Crippen LogP contribution is 2.13. The van der Waals surface area contributed by atoms with Crippen molar-refractivity contribution in [2.75, 3.05) is 6.54 Å². The largest absolute Gasteiger partial charge is 0.481 e. The lowest BCUT2D eigenvalue weighted by atomic mass is 10.0. The quantitative estimate of drug-likeness (QED) is 0.136. The van der Waals surface area contributed by atoms with E-state index in [4.69, 9.17) is 10.9 Å². The van der Waals surface area contributed by atoms with Gasteiger partial charge in [0.2, 0.25) is 0 Å². The third kappa shape index (κ3) is 31.2. The molecule has 0 amide bonds. The number of rotatable bonds is 19. The smallest absolute Gasteiger partial charge is 0.303 e. The van der Waals surface area contributed by atoms with Gasteiger partial charge in [0.1, 0.15) is 0 Å². The normalized spacial score (nSPS) is 10.4. The minimum Gasteiger partial charge on any atom is -0.481 e. The zero-order chi connectivity index (χ0) is 19.7. The van der Waals surface area contributed by atoms with Crippen LogP contribution in [0.3, 0.4) is 0 Å². The third-order valence-electron chi connectivity index (χ3n) is 4.67. The first kappa shape index (κ1) is 27.6. The molecule has 0 saturated carbocycles. The van der Waals surface area contributed by atoms with Gasteiger partial charge in [-0.3, -0.25) is 16.1 Å². The Bertz CT molecular complexity index is 257. The van der Waals surface area contributed by atoms with Crippen molar-refractivity contribution in [2.45, 2.75) is 129 Å². The molecule has 0 saturated heterocycles. The summed E-state index contributed by atoms with van der Waals surface area (Å²) in [6.07, 6.45) is 22.6. The van der Waals surface area contributed by atoms with E-state index in [0.717, 1.165) is 19.4 Å². The van der Waals surface area contributed by atoms with Crippen molar-refractivity contribution in [3.8, 4) is 0 Å². The van der Waals surface area contributed by atoms with Crippen LogP contribution in [-0.4, -0.2) is 17.6 Å². The fraction of sp³-hybridized carbons (Fsp3) is 0.955. The van der Waals surface area contributed by atoms with E-state index in [1.807, 2.05) is 0 Å². The second kappa shape index (κ2) is 26.6. The fourth-order valence-electron chi connectivity index (χ4n) is 2.93. The second-order valence-corrected chi connectivity index (χ2v) is 7.40. The Balaban J connectivity index is 0. The predicted octanol–water partition coefficient (Wildman–Crippen LogP) is 6.58. The highest BCUT2D eigenvalue weighted by molar-refractivity contribution is 5.66. The summed E-state index contributed by atoms with van der Waals surface area (Å²) in [7, 11) is 0. The Morgan fingerprint density at radius 3 is 1.27 bits per heavy atom. The van der Waals surface area contributed by atoms with Gasteiger partial charge in [0.25, 0.3) is 0 Å². The molecule has 0 aliphatic carbocycles. The lowest BCUT2D eigenvalue weighted by Crippen LogP contribution is -2.22. The summed E-state index contributed by atoms with van der Waals surface area (Å²) in [5.74, 6) is 4.31. The molecule has 0 atom stereocenters. The van der Waals surface area contributed by atoms with Gasteiger partial charge in [-0.05, 0) is 12.8 Å². The third-order valence-corrected chi connectivity index (χ3v) is 4.67. The Kier molecular flexibility index (Phi) is 28.3. The number of nitrogens with two attached hydrogens (primary N) is 1. The molecule has 0 unspecified atom stereocenters. The topological polar surface area (TPSA) is 75.3 Å². The van der Waals surface area contributed by atoms with Crippen molar-refractivity contribution in [1.29, 1.82) is 0 Å². The first-order valence-electron chi connectivity index (χ1n) is 11.3. The van der Waals surface area contributed by atoms with E-state index < -0.39 is 5.97 Å². The minimum absolute atomic E-state index is 0.345. The van der Waals surface area contributed by atoms with E-state index in [1.54, 1.807) is 0 Å². The van der Waals surface area contributed by atoms with Gasteiger partial charge in [0.15, 0.2) is 0 Å². The lowest BCUT2D eigenvalue weighted by molar-refractivity contribution is -0.137. The average Bonchev–Trinajstić information content (AvgIpc) is 2.63. The predicted molar refractivity (Wildman–Crippen MR) is 114 cm³/mol. The molecule has 0 radical (unpaired) electrons. The molecule has 0 aliphatic rings. The molecular formula is C22H48N2O2. The van der Waals surface area contributed by atoms with Gasteiger partial charge >= 0.3 is 5.97 Å². The van der Waals surface area contributed by atoms with Gasteiger partial charge < -0.3 is 5.11 Å². The first-order chi connectivity index (χ1) is 12.7. The van der Waals surface area contributed by atoms with E-state index >= 15 is 0 Å². The Hall–Kier alpha value is -0.610. The highest BCUT2D eigenvalue weighted by atomic mass is 16.4. The molecule has 0 aromatic heterocycles. The van der Waals surface area contributed by atoms with Crippen molar-refractivity contribution in [3.63, 3.8) is 0 Å². The van der Waals surface area contributed by atoms with Crippen molar-refractivity contribution < 1.29 is 9.90 Å². The van der Waals surface area contributed by atoms with Gasteiger partial charge in [-0.2, -0.15) is 0 Å². The summed E-state index contributed by atoms with van der Waals surface area (Å²) in [6.45, 7) is 5.35. The molecule has 0 heterocycles. The maximum Gasteiger partial charge on any atom is 0.303 e. The van der Waals surface area contributed by atoms with Crippen LogP contribution in [0.25, 0.3) is 0 Å². The van der Waals surface area contributed by atoms with Crippen molar-refractivity contribution in [1.82, 2.24) is 5.43 Å². The van der Waals surface area contributed by atoms with E-state index in [9.17, 15) is 4.79 Å². The molecule has 0 aliphatic heterocycles. The van der Waals surface area contributed by atoms with Crippen LogP contribution in [0.5, 0.6) is 0 Å². The number of hydrogen-bond donors (Lipinski definition) is 3. The second-order valence-electron chi connectivity index (χ2n) is 7.40. The lowest BCUT2D eigenvalue weighted by Gasteiger charge is -2.03. The summed E-state index contributed by atoms with van der Waals surface area (Å²) in [6, 6.07) is 0. The van der Waals surface area contributed by atoms with Crippen LogP contribution in [-0.2, 0) is 4.79 Å². The Morgan fingerprint density at radius 1 is 0.654 bits per heavy atom. The molecule has 26 heavy (non-hydrogen) atoms. The number of hydrazine groups is 1. The number of unbranched alkanes of at least 4 members (excludes halogenated alkanes) is 15. The summed E-state index contributed by atoms with van der Waals surface area (Å²) in [5.41, 5.74) is 2.57. The van der Waals surface area contributed by atoms with Gasteiger partial charge in [-0.25, -0.2) is 0 Å². The Labute approximate surface area is 163 Å². The zero-order valence-electron chi connectivity index (χ0n) is 17.9. The minimum atomic E-state index is -0.653. The van der Waals surface area contributed by atoms with Gasteiger partial charge in [-0.15, -0.1) is 0 Å². The number of hydrogen-bond acceptors (Lipinski definition) is 3. The number of aliphatic carboxylic acids is 1. The monoisotopic (exact) mass is 372 g/mol. The molecular weight excluding hydrogens is 324 g/mol. The first-order valence-corrected chi connectivity index (χ1v) is 11.3. The van der Waals surface area contributed by atoms with Crippen LogP contribution in [0.4, 0.5) is 0 Å². The highest BCUT2D eigenvalue weighted by Gasteiger charge is 1.97. The summed E-state index contributed by atoms with van der Waals surface area (Å²) >= 11 is 0. The van der Waals surface area contributed by atoms with Crippen molar-refractivity contribution in [2.24, 2.45) is 5.84 Å². The van der Waals surface area contributed by atoms with E-state index in [0.29, 0.717) is 6.42 Å². The summed E-state index contributed by atoms with van der Waals surface area (Å²) in [5, 5.41) is 8.52. The van der Waals surface area contributed by atoms with Crippen LogP contribution in [0.15, 0.2) is 0 Å². The molecule has 0 fully saturated rings. The van der Waals surface area contributed by atoms with E-state index in [-0.39, 0.29) is 0 Å². The van der Waals surface area contributed by atoms with Crippen molar-refractivity contribution >= 4 is 5.97 Å². The van der Waals surface area contributed by atoms with Crippen LogP contribution in [0, 0.1) is 0 Å². The molecule has 0 spiro atoms. The van der Waals surface area contributed by atoms with Crippen molar-refractivity contribution in [3.05, 3.63) is 0 Å². The average molecular weight is 373 g/mol. The molecule has 0 aromatic carbocycles. The maximum atomic E-state index is 10.3. The number of carboxylic acid groups (broad SMARTS) is 1. The summed E-state index contributed by atoms with van der Waals surface area (Å²) < 4.78 is 0. The van der Waals surface area contributed by atoms with Gasteiger partial charge in [0, 0.05) is 13.0 Å². The van der Waals surface area contributed by atoms with Crippen LogP contribution in [0.2, 0.25) is 0 Å². The molecule has 4 nitrogen and oxygen atoms in total. The standard InChI is InChI=1S/C18H36O2.C4H12N2/c1-2-3-4-5-6-7-8-9-10-11-12-13-14-15-16-17-18(19)20;1-2-3-4-6-5/h2-17H2,1H3,(H,19,20);6H,2-5H2,1H3. The number of nitrogens with one attached hydrogen (secondary N) is 1. The molecule has 4 N–H and O–H groups in total. The Morgan fingerprint density at radius 2 is 1.00 bits per heavy atom.